The Kier molecular flexibility index (Phi) is 9.42. The molecule has 0 unspecified atom stereocenters. The van der Waals surface area contributed by atoms with Gasteiger partial charge in [0.25, 0.3) is 5.56 Å². The Hall–Kier alpha value is -4.60. The molecule has 5 aromatic rings. The van der Waals surface area contributed by atoms with Crippen molar-refractivity contribution in [1.29, 1.82) is 0 Å². The number of hydrogen-bond donors (Lipinski definition) is 0. The van der Waals surface area contributed by atoms with Crippen LogP contribution in [0.3, 0.4) is 0 Å². The molecule has 0 radical (unpaired) electrons. The fraction of sp³-hybridized carbons (Fsp3) is 0.216. The van der Waals surface area contributed by atoms with Gasteiger partial charge in [0, 0.05) is 4.90 Å². The number of nitrogens with zero attached hydrogens (tertiary/aromatic N) is 2. The van der Waals surface area contributed by atoms with Crippen LogP contribution in [-0.4, -0.2) is 30.0 Å². The molecule has 1 aliphatic rings. The SMILES string of the molecule is CCOC(=O)C1=C(C)N=c2s/c(=C\c3ccc(OCc4cccc5ccccc45)c(OCC)c3)c(=O)n2[C@H]1c1ccc(SC)cc1. The molecule has 7 nitrogen and oxygen atoms in total. The van der Waals surface area contributed by atoms with E-state index in [4.69, 9.17) is 19.2 Å². The fourth-order valence-electron chi connectivity index (χ4n) is 5.62. The highest BCUT2D eigenvalue weighted by Gasteiger charge is 2.33. The second kappa shape index (κ2) is 13.8. The summed E-state index contributed by atoms with van der Waals surface area (Å²) in [6.45, 7) is 6.55. The van der Waals surface area contributed by atoms with Gasteiger partial charge in [-0.2, -0.15) is 0 Å². The number of esters is 1. The Morgan fingerprint density at radius 2 is 1.74 bits per heavy atom. The molecule has 0 saturated heterocycles. The number of thiazole rings is 1. The first-order chi connectivity index (χ1) is 22.4. The van der Waals surface area contributed by atoms with E-state index in [0.717, 1.165) is 32.4 Å². The predicted molar refractivity (Wildman–Crippen MR) is 185 cm³/mol. The largest absolute Gasteiger partial charge is 0.490 e. The van der Waals surface area contributed by atoms with Gasteiger partial charge in [0.05, 0.1) is 35.1 Å². The lowest BCUT2D eigenvalue weighted by Crippen LogP contribution is -2.39. The van der Waals surface area contributed by atoms with Crippen molar-refractivity contribution in [1.82, 2.24) is 4.57 Å². The van der Waals surface area contributed by atoms with Crippen LogP contribution in [0.2, 0.25) is 0 Å². The van der Waals surface area contributed by atoms with Crippen molar-refractivity contribution in [3.8, 4) is 11.5 Å². The summed E-state index contributed by atoms with van der Waals surface area (Å²) in [4.78, 5) is 33.5. The first-order valence-electron chi connectivity index (χ1n) is 15.1. The number of aromatic nitrogens is 1. The molecule has 0 amide bonds. The topological polar surface area (TPSA) is 79.1 Å². The van der Waals surface area contributed by atoms with E-state index in [1.165, 1.54) is 11.3 Å². The molecule has 46 heavy (non-hydrogen) atoms. The average Bonchev–Trinajstić information content (AvgIpc) is 3.37. The van der Waals surface area contributed by atoms with Crippen LogP contribution in [0.1, 0.15) is 43.5 Å². The van der Waals surface area contributed by atoms with Crippen molar-refractivity contribution < 1.29 is 19.0 Å². The molecular formula is C37H34N2O5S2. The smallest absolute Gasteiger partial charge is 0.338 e. The van der Waals surface area contributed by atoms with E-state index in [1.54, 1.807) is 30.2 Å². The van der Waals surface area contributed by atoms with Crippen LogP contribution in [0.15, 0.2) is 111 Å². The molecular weight excluding hydrogens is 617 g/mol. The number of hydrogen-bond acceptors (Lipinski definition) is 8. The molecule has 4 aromatic carbocycles. The summed E-state index contributed by atoms with van der Waals surface area (Å²) in [5.74, 6) is 0.741. The maximum Gasteiger partial charge on any atom is 0.338 e. The van der Waals surface area contributed by atoms with E-state index in [0.29, 0.717) is 45.3 Å². The zero-order chi connectivity index (χ0) is 32.2. The molecule has 6 rings (SSSR count). The minimum absolute atomic E-state index is 0.224. The molecule has 9 heteroatoms. The summed E-state index contributed by atoms with van der Waals surface area (Å²) in [7, 11) is 0. The van der Waals surface area contributed by atoms with Gasteiger partial charge in [0.1, 0.15) is 6.61 Å². The van der Waals surface area contributed by atoms with Crippen molar-refractivity contribution in [2.45, 2.75) is 38.3 Å². The Balaban J connectivity index is 1.37. The summed E-state index contributed by atoms with van der Waals surface area (Å²) in [6.07, 6.45) is 3.84. The summed E-state index contributed by atoms with van der Waals surface area (Å²) in [5.41, 5.74) is 3.36. The van der Waals surface area contributed by atoms with Gasteiger partial charge < -0.3 is 14.2 Å². The third-order valence-corrected chi connectivity index (χ3v) is 9.50. The number of carbonyl (C=O) groups excluding carboxylic acids is 1. The first-order valence-corrected chi connectivity index (χ1v) is 17.2. The lowest BCUT2D eigenvalue weighted by molar-refractivity contribution is -0.139. The molecule has 0 saturated carbocycles. The van der Waals surface area contributed by atoms with Crippen LogP contribution in [0.5, 0.6) is 11.5 Å². The quantitative estimate of drug-likeness (QED) is 0.124. The number of ether oxygens (including phenoxy) is 3. The molecule has 0 N–H and O–H groups in total. The predicted octanol–water partition coefficient (Wildman–Crippen LogP) is 6.65. The van der Waals surface area contributed by atoms with E-state index in [9.17, 15) is 9.59 Å². The van der Waals surface area contributed by atoms with E-state index in [1.807, 2.05) is 79.9 Å². The molecule has 0 spiro atoms. The van der Waals surface area contributed by atoms with Gasteiger partial charge in [-0.1, -0.05) is 72.0 Å². The van der Waals surface area contributed by atoms with Crippen LogP contribution < -0.4 is 24.4 Å². The number of carbonyl (C=O) groups is 1. The van der Waals surface area contributed by atoms with Crippen LogP contribution in [-0.2, 0) is 16.1 Å². The number of fused-ring (bicyclic) bond motifs is 2. The normalized spacial score (nSPS) is 14.6. The van der Waals surface area contributed by atoms with Gasteiger partial charge >= 0.3 is 5.97 Å². The van der Waals surface area contributed by atoms with Gasteiger partial charge in [-0.3, -0.25) is 9.36 Å². The number of rotatable bonds is 10. The number of benzene rings is 4. The van der Waals surface area contributed by atoms with Crippen molar-refractivity contribution >= 4 is 45.9 Å². The summed E-state index contributed by atoms with van der Waals surface area (Å²) in [5, 5.41) is 2.31. The third-order valence-electron chi connectivity index (χ3n) is 7.78. The Morgan fingerprint density at radius 3 is 2.50 bits per heavy atom. The zero-order valence-electron chi connectivity index (χ0n) is 26.1. The molecule has 1 aliphatic heterocycles. The molecule has 0 aliphatic carbocycles. The zero-order valence-corrected chi connectivity index (χ0v) is 27.7. The van der Waals surface area contributed by atoms with E-state index >= 15 is 0 Å². The second-order valence-electron chi connectivity index (χ2n) is 10.6. The van der Waals surface area contributed by atoms with Gasteiger partial charge in [0.15, 0.2) is 16.3 Å². The monoisotopic (exact) mass is 650 g/mol. The molecule has 0 fully saturated rings. The molecule has 2 heterocycles. The lowest BCUT2D eigenvalue weighted by Gasteiger charge is -2.24. The van der Waals surface area contributed by atoms with E-state index < -0.39 is 12.0 Å². The summed E-state index contributed by atoms with van der Waals surface area (Å²) >= 11 is 2.92. The fourth-order valence-corrected chi connectivity index (χ4v) is 7.08. The van der Waals surface area contributed by atoms with Crippen molar-refractivity contribution in [2.75, 3.05) is 19.5 Å². The van der Waals surface area contributed by atoms with Crippen molar-refractivity contribution in [2.24, 2.45) is 4.99 Å². The van der Waals surface area contributed by atoms with Crippen molar-refractivity contribution in [3.63, 3.8) is 0 Å². The Bertz CT molecular complexity index is 2120. The molecule has 1 atom stereocenters. The third kappa shape index (κ3) is 6.25. The van der Waals surface area contributed by atoms with Gasteiger partial charge in [0.2, 0.25) is 0 Å². The molecule has 234 valence electrons. The highest BCUT2D eigenvalue weighted by molar-refractivity contribution is 7.98. The Morgan fingerprint density at radius 1 is 0.957 bits per heavy atom. The van der Waals surface area contributed by atoms with E-state index in [-0.39, 0.29) is 12.2 Å². The average molecular weight is 651 g/mol. The van der Waals surface area contributed by atoms with Gasteiger partial charge in [-0.25, -0.2) is 9.79 Å². The molecule has 1 aromatic heterocycles. The highest BCUT2D eigenvalue weighted by atomic mass is 32.2. The number of thioether (sulfide) groups is 1. The van der Waals surface area contributed by atoms with Crippen LogP contribution >= 0.6 is 23.1 Å². The minimum atomic E-state index is -0.655. The lowest BCUT2D eigenvalue weighted by atomic mass is 9.96. The van der Waals surface area contributed by atoms with Crippen LogP contribution in [0, 0.1) is 0 Å². The van der Waals surface area contributed by atoms with E-state index in [2.05, 4.69) is 24.3 Å². The standard InChI is InChI=1S/C37H34N2O5S2/c1-5-42-31-20-24(14-19-30(31)44-22-27-12-9-11-25-10-7-8-13-29(25)27)21-32-35(40)39-34(26-15-17-28(45-4)18-16-26)33(36(41)43-6-2)23(3)38-37(39)46-32/h7-21,34H,5-6,22H2,1-4H3/b32-21-/t34-/m0/s1. The maximum atomic E-state index is 14.0. The maximum absolute atomic E-state index is 14.0. The van der Waals surface area contributed by atoms with Gasteiger partial charge in [-0.05, 0) is 84.8 Å². The van der Waals surface area contributed by atoms with Crippen LogP contribution in [0.25, 0.3) is 16.8 Å². The first kappa shape index (κ1) is 31.4. The highest BCUT2D eigenvalue weighted by Crippen LogP contribution is 2.33. The summed E-state index contributed by atoms with van der Waals surface area (Å²) < 4.78 is 19.7. The molecule has 0 bridgehead atoms. The summed E-state index contributed by atoms with van der Waals surface area (Å²) in [6, 6.07) is 27.3. The number of allylic oxidation sites excluding steroid dienone is 1. The van der Waals surface area contributed by atoms with Crippen LogP contribution in [0.4, 0.5) is 0 Å². The Labute approximate surface area is 275 Å². The van der Waals surface area contributed by atoms with Crippen molar-refractivity contribution in [3.05, 3.63) is 133 Å². The minimum Gasteiger partial charge on any atom is -0.490 e. The second-order valence-corrected chi connectivity index (χ2v) is 12.5. The van der Waals surface area contributed by atoms with Gasteiger partial charge in [-0.15, -0.1) is 11.8 Å².